The molecule has 2 rings (SSSR count). The fourth-order valence-electron chi connectivity index (χ4n) is 1.64. The van der Waals surface area contributed by atoms with Crippen LogP contribution in [0.1, 0.15) is 22.2 Å². The van der Waals surface area contributed by atoms with E-state index in [9.17, 15) is 4.79 Å². The number of rotatable bonds is 6. The van der Waals surface area contributed by atoms with Gasteiger partial charge in [-0.25, -0.2) is 0 Å². The fraction of sp³-hybridized carbons (Fsp3) is 0.250. The van der Waals surface area contributed by atoms with Crippen molar-refractivity contribution in [2.45, 2.75) is 19.0 Å². The summed E-state index contributed by atoms with van der Waals surface area (Å²) in [7, 11) is 0. The van der Waals surface area contributed by atoms with Gasteiger partial charge in [-0.15, -0.1) is 22.7 Å². The first-order valence-electron chi connectivity index (χ1n) is 5.48. The van der Waals surface area contributed by atoms with E-state index < -0.39 is 5.97 Å². The molecule has 0 amide bonds. The first kappa shape index (κ1) is 15.2. The van der Waals surface area contributed by atoms with Crippen molar-refractivity contribution in [3.63, 3.8) is 0 Å². The van der Waals surface area contributed by atoms with Gasteiger partial charge in [0, 0.05) is 20.8 Å². The largest absolute Gasteiger partial charge is 0.481 e. The second-order valence-corrected chi connectivity index (χ2v) is 8.17. The Morgan fingerprint density at radius 3 is 2.79 bits per heavy atom. The van der Waals surface area contributed by atoms with Crippen LogP contribution in [-0.4, -0.2) is 11.1 Å². The summed E-state index contributed by atoms with van der Waals surface area (Å²) >= 11 is 10.1. The predicted octanol–water partition coefficient (Wildman–Crippen LogP) is 4.64. The lowest BCUT2D eigenvalue weighted by Gasteiger charge is -2.14. The maximum atomic E-state index is 10.9. The SMILES string of the molecule is O=C(O)CC(NCc1cc(Br)c(Br)s1)c1cccs1. The Hall–Kier alpha value is -0.210. The van der Waals surface area contributed by atoms with Gasteiger partial charge < -0.3 is 10.4 Å². The Balaban J connectivity index is 2.02. The number of carboxylic acid groups (broad SMARTS) is 1. The molecule has 2 aromatic heterocycles. The van der Waals surface area contributed by atoms with E-state index in [1.54, 1.807) is 22.7 Å². The van der Waals surface area contributed by atoms with E-state index in [4.69, 9.17) is 5.11 Å². The minimum Gasteiger partial charge on any atom is -0.481 e. The molecule has 0 radical (unpaired) electrons. The summed E-state index contributed by atoms with van der Waals surface area (Å²) in [4.78, 5) is 13.1. The van der Waals surface area contributed by atoms with Crippen LogP contribution >= 0.6 is 54.5 Å². The zero-order valence-electron chi connectivity index (χ0n) is 9.73. The third kappa shape index (κ3) is 4.39. The van der Waals surface area contributed by atoms with Gasteiger partial charge in [-0.2, -0.15) is 0 Å². The van der Waals surface area contributed by atoms with Gasteiger partial charge >= 0.3 is 5.97 Å². The molecular formula is C12H11Br2NO2S2. The van der Waals surface area contributed by atoms with Gasteiger partial charge in [-0.05, 0) is 49.4 Å². The van der Waals surface area contributed by atoms with Crippen molar-refractivity contribution < 1.29 is 9.90 Å². The molecule has 0 spiro atoms. The molecule has 1 unspecified atom stereocenters. The van der Waals surface area contributed by atoms with Crippen molar-refractivity contribution in [3.8, 4) is 0 Å². The molecule has 2 heterocycles. The highest BCUT2D eigenvalue weighted by atomic mass is 79.9. The summed E-state index contributed by atoms with van der Waals surface area (Å²) in [6.07, 6.45) is 0.0915. The highest BCUT2D eigenvalue weighted by molar-refractivity contribution is 9.13. The van der Waals surface area contributed by atoms with Crippen molar-refractivity contribution in [2.24, 2.45) is 0 Å². The zero-order valence-corrected chi connectivity index (χ0v) is 14.5. The van der Waals surface area contributed by atoms with Crippen molar-refractivity contribution in [1.82, 2.24) is 5.32 Å². The summed E-state index contributed by atoms with van der Waals surface area (Å²) in [6.45, 7) is 0.657. The number of nitrogens with one attached hydrogen (secondary N) is 1. The minimum absolute atomic E-state index is 0.0915. The van der Waals surface area contributed by atoms with Crippen LogP contribution in [0.5, 0.6) is 0 Å². The van der Waals surface area contributed by atoms with E-state index in [1.807, 2.05) is 23.6 Å². The molecule has 0 saturated carbocycles. The minimum atomic E-state index is -0.792. The highest BCUT2D eigenvalue weighted by Crippen LogP contribution is 2.33. The van der Waals surface area contributed by atoms with Gasteiger partial charge in [0.25, 0.3) is 0 Å². The normalized spacial score (nSPS) is 12.5. The predicted molar refractivity (Wildman–Crippen MR) is 85.9 cm³/mol. The van der Waals surface area contributed by atoms with E-state index in [0.717, 1.165) is 18.0 Å². The molecule has 1 atom stereocenters. The molecule has 19 heavy (non-hydrogen) atoms. The number of hydrogen-bond donors (Lipinski definition) is 2. The number of hydrogen-bond acceptors (Lipinski definition) is 4. The third-order valence-electron chi connectivity index (χ3n) is 2.48. The van der Waals surface area contributed by atoms with Crippen LogP contribution in [0.2, 0.25) is 0 Å². The molecule has 102 valence electrons. The molecule has 3 nitrogen and oxygen atoms in total. The molecule has 0 aliphatic carbocycles. The molecule has 0 aromatic carbocycles. The van der Waals surface area contributed by atoms with E-state index in [-0.39, 0.29) is 12.5 Å². The number of carbonyl (C=O) groups is 1. The van der Waals surface area contributed by atoms with Crippen LogP contribution in [0, 0.1) is 0 Å². The molecule has 0 saturated heterocycles. The highest BCUT2D eigenvalue weighted by Gasteiger charge is 2.16. The fourth-order valence-corrected chi connectivity index (χ4v) is 4.57. The van der Waals surface area contributed by atoms with Crippen molar-refractivity contribution in [2.75, 3.05) is 0 Å². The average Bonchev–Trinajstić information content (AvgIpc) is 2.95. The molecule has 0 aliphatic rings. The van der Waals surface area contributed by atoms with Crippen molar-refractivity contribution in [1.29, 1.82) is 0 Å². The van der Waals surface area contributed by atoms with Crippen LogP contribution in [0.25, 0.3) is 0 Å². The second kappa shape index (κ2) is 6.99. The Kier molecular flexibility index (Phi) is 5.58. The lowest BCUT2D eigenvalue weighted by Crippen LogP contribution is -2.22. The Morgan fingerprint density at radius 2 is 2.26 bits per heavy atom. The first-order chi connectivity index (χ1) is 9.06. The third-order valence-corrected chi connectivity index (χ3v) is 6.73. The smallest absolute Gasteiger partial charge is 0.305 e. The van der Waals surface area contributed by atoms with Crippen molar-refractivity contribution >= 4 is 60.5 Å². The summed E-state index contributed by atoms with van der Waals surface area (Å²) in [5.74, 6) is -0.792. The molecule has 0 aliphatic heterocycles. The van der Waals surface area contributed by atoms with E-state index >= 15 is 0 Å². The molecular weight excluding hydrogens is 414 g/mol. The number of carboxylic acids is 1. The quantitative estimate of drug-likeness (QED) is 0.709. The maximum absolute atomic E-state index is 10.9. The van der Waals surface area contributed by atoms with Crippen molar-refractivity contribution in [3.05, 3.63) is 41.6 Å². The monoisotopic (exact) mass is 423 g/mol. The number of thiophene rings is 2. The summed E-state index contributed by atoms with van der Waals surface area (Å²) in [5.41, 5.74) is 0. The van der Waals surface area contributed by atoms with Gasteiger partial charge in [-0.3, -0.25) is 4.79 Å². The van der Waals surface area contributed by atoms with Crippen LogP contribution in [0.15, 0.2) is 31.8 Å². The van der Waals surface area contributed by atoms with Gasteiger partial charge in [0.1, 0.15) is 0 Å². The summed E-state index contributed by atoms with van der Waals surface area (Å²) < 4.78 is 2.08. The van der Waals surface area contributed by atoms with E-state index in [1.165, 1.54) is 0 Å². The lowest BCUT2D eigenvalue weighted by molar-refractivity contribution is -0.137. The summed E-state index contributed by atoms with van der Waals surface area (Å²) in [5, 5.41) is 14.3. The molecule has 2 N–H and O–H groups in total. The Morgan fingerprint density at radius 1 is 1.47 bits per heavy atom. The number of halogens is 2. The lowest BCUT2D eigenvalue weighted by atomic mass is 10.1. The Bertz CT molecular complexity index is 535. The van der Waals surface area contributed by atoms with Crippen LogP contribution in [0.3, 0.4) is 0 Å². The van der Waals surface area contributed by atoms with Crippen LogP contribution in [-0.2, 0) is 11.3 Å². The topological polar surface area (TPSA) is 49.3 Å². The molecule has 0 fully saturated rings. The second-order valence-electron chi connectivity index (χ2n) is 3.88. The van der Waals surface area contributed by atoms with Gasteiger partial charge in [-0.1, -0.05) is 6.07 Å². The average molecular weight is 425 g/mol. The standard InChI is InChI=1S/C12H11Br2NO2S2/c13-8-4-7(19-12(8)14)6-15-9(5-11(16)17)10-2-1-3-18-10/h1-4,9,15H,5-6H2,(H,16,17). The van der Waals surface area contributed by atoms with Crippen LogP contribution < -0.4 is 5.32 Å². The molecule has 7 heteroatoms. The molecule has 0 bridgehead atoms. The van der Waals surface area contributed by atoms with Crippen LogP contribution in [0.4, 0.5) is 0 Å². The first-order valence-corrected chi connectivity index (χ1v) is 8.76. The zero-order chi connectivity index (χ0) is 13.8. The van der Waals surface area contributed by atoms with Gasteiger partial charge in [0.2, 0.25) is 0 Å². The Labute approximate surface area is 135 Å². The number of aliphatic carboxylic acids is 1. The van der Waals surface area contributed by atoms with Gasteiger partial charge in [0.15, 0.2) is 0 Å². The molecule has 2 aromatic rings. The van der Waals surface area contributed by atoms with E-state index in [0.29, 0.717) is 6.54 Å². The van der Waals surface area contributed by atoms with Gasteiger partial charge in [0.05, 0.1) is 16.2 Å². The maximum Gasteiger partial charge on any atom is 0.305 e. The van der Waals surface area contributed by atoms with E-state index in [2.05, 4.69) is 37.2 Å². The summed E-state index contributed by atoms with van der Waals surface area (Å²) in [6, 6.07) is 5.80.